The Morgan fingerprint density at radius 3 is 1.36 bits per heavy atom. The van der Waals surface area contributed by atoms with Crippen molar-refractivity contribution in [3.63, 3.8) is 0 Å². The van der Waals surface area contributed by atoms with E-state index in [0.717, 1.165) is 11.1 Å². The van der Waals surface area contributed by atoms with Crippen LogP contribution in [-0.4, -0.2) is 68.2 Å². The van der Waals surface area contributed by atoms with Crippen molar-refractivity contribution >= 4 is 0 Å². The summed E-state index contributed by atoms with van der Waals surface area (Å²) < 4.78 is 22.9. The van der Waals surface area contributed by atoms with Gasteiger partial charge in [-0.3, -0.25) is 0 Å². The van der Waals surface area contributed by atoms with Crippen LogP contribution in [0.3, 0.4) is 0 Å². The Balaban J connectivity index is 1.98. The maximum Gasteiger partial charge on any atom is 0.116 e. The molecular formula is C22H28O6. The summed E-state index contributed by atoms with van der Waals surface area (Å²) in [6, 6.07) is 19.6. The van der Waals surface area contributed by atoms with Gasteiger partial charge in [0.2, 0.25) is 0 Å². The fraction of sp³-hybridized carbons (Fsp3) is 0.455. The molecule has 3 rings (SSSR count). The molecule has 0 spiro atoms. The lowest BCUT2D eigenvalue weighted by molar-refractivity contribution is -0.258. The molecule has 6 atom stereocenters. The van der Waals surface area contributed by atoms with Crippen LogP contribution in [0.15, 0.2) is 60.7 Å². The Morgan fingerprint density at radius 2 is 1.00 bits per heavy atom. The highest BCUT2D eigenvalue weighted by molar-refractivity contribution is 5.30. The molecular weight excluding hydrogens is 360 g/mol. The van der Waals surface area contributed by atoms with E-state index in [1.165, 1.54) is 21.3 Å². The van der Waals surface area contributed by atoms with Crippen LogP contribution in [0.5, 0.6) is 0 Å². The third-order valence-electron chi connectivity index (χ3n) is 5.31. The summed E-state index contributed by atoms with van der Waals surface area (Å²) in [6.45, 7) is 0. The molecule has 0 bridgehead atoms. The van der Waals surface area contributed by atoms with Crippen molar-refractivity contribution in [1.82, 2.24) is 0 Å². The highest BCUT2D eigenvalue weighted by Gasteiger charge is 2.52. The van der Waals surface area contributed by atoms with Crippen molar-refractivity contribution in [2.24, 2.45) is 0 Å². The first-order chi connectivity index (χ1) is 13.6. The van der Waals surface area contributed by atoms with E-state index in [1.807, 2.05) is 60.7 Å². The number of methoxy groups -OCH3 is 3. The molecule has 0 saturated heterocycles. The fourth-order valence-corrected chi connectivity index (χ4v) is 3.89. The van der Waals surface area contributed by atoms with Crippen LogP contribution >= 0.6 is 0 Å². The van der Waals surface area contributed by atoms with E-state index in [-0.39, 0.29) is 0 Å². The normalized spacial score (nSPS) is 30.5. The van der Waals surface area contributed by atoms with E-state index in [0.29, 0.717) is 0 Å². The van der Waals surface area contributed by atoms with Crippen molar-refractivity contribution in [3.05, 3.63) is 71.8 Å². The van der Waals surface area contributed by atoms with Gasteiger partial charge in [0.1, 0.15) is 42.7 Å². The number of hydrogen-bond acceptors (Lipinski definition) is 6. The summed E-state index contributed by atoms with van der Waals surface area (Å²) in [5.41, 5.74) is 1.91. The molecule has 0 aliphatic heterocycles. The number of aliphatic hydroxyl groups excluding tert-OH is 2. The summed E-state index contributed by atoms with van der Waals surface area (Å²) in [5, 5.41) is 21.4. The number of hydrogen-bond donors (Lipinski definition) is 2. The van der Waals surface area contributed by atoms with Gasteiger partial charge < -0.3 is 29.2 Å². The number of ether oxygens (including phenoxy) is 4. The van der Waals surface area contributed by atoms with Crippen LogP contribution in [0.2, 0.25) is 0 Å². The molecule has 2 aromatic rings. The van der Waals surface area contributed by atoms with Crippen LogP contribution in [0, 0.1) is 0 Å². The highest BCUT2D eigenvalue weighted by atomic mass is 16.6. The lowest BCUT2D eigenvalue weighted by Crippen LogP contribution is -2.65. The van der Waals surface area contributed by atoms with Crippen LogP contribution in [0.4, 0.5) is 0 Å². The first kappa shape index (κ1) is 20.9. The fourth-order valence-electron chi connectivity index (χ4n) is 3.89. The van der Waals surface area contributed by atoms with Crippen molar-refractivity contribution in [2.75, 3.05) is 21.3 Å². The summed E-state index contributed by atoms with van der Waals surface area (Å²) >= 11 is 0. The third kappa shape index (κ3) is 4.12. The molecule has 0 amide bonds. The number of benzene rings is 2. The smallest absolute Gasteiger partial charge is 0.116 e. The average Bonchev–Trinajstić information content (AvgIpc) is 2.73. The zero-order valence-electron chi connectivity index (χ0n) is 16.3. The molecule has 2 unspecified atom stereocenters. The second kappa shape index (κ2) is 9.60. The van der Waals surface area contributed by atoms with Crippen LogP contribution in [-0.2, 0) is 18.9 Å². The van der Waals surface area contributed by atoms with Crippen molar-refractivity contribution in [3.8, 4) is 0 Å². The van der Waals surface area contributed by atoms with Gasteiger partial charge in [-0.2, -0.15) is 0 Å². The molecule has 28 heavy (non-hydrogen) atoms. The molecule has 6 heteroatoms. The van der Waals surface area contributed by atoms with Crippen LogP contribution in [0.1, 0.15) is 17.2 Å². The molecule has 1 aliphatic rings. The SMILES string of the molecule is COC1[C@@H](O)[C@H](OC)C(OC(c2ccccc2)c2ccccc2)[C@H](OC)[C@H]1O. The Labute approximate surface area is 165 Å². The van der Waals surface area contributed by atoms with E-state index >= 15 is 0 Å². The highest BCUT2D eigenvalue weighted by Crippen LogP contribution is 2.35. The average molecular weight is 388 g/mol. The van der Waals surface area contributed by atoms with Gasteiger partial charge in [-0.1, -0.05) is 60.7 Å². The summed E-state index contributed by atoms with van der Waals surface area (Å²) in [6.07, 6.45) is -5.54. The van der Waals surface area contributed by atoms with Crippen LogP contribution < -0.4 is 0 Å². The quantitative estimate of drug-likeness (QED) is 0.755. The van der Waals surface area contributed by atoms with Gasteiger partial charge in [0, 0.05) is 21.3 Å². The molecule has 1 fully saturated rings. The first-order valence-corrected chi connectivity index (χ1v) is 9.32. The summed E-state index contributed by atoms with van der Waals surface area (Å²) in [4.78, 5) is 0. The minimum atomic E-state index is -1.06. The minimum absolute atomic E-state index is 0.416. The Hall–Kier alpha value is -1.80. The third-order valence-corrected chi connectivity index (χ3v) is 5.31. The Bertz CT molecular complexity index is 652. The standard InChI is InChI=1S/C22H28O6/c1-25-19-16(23)20(26-2)22(21(27-3)17(19)24)28-18(14-10-6-4-7-11-14)15-12-8-5-9-13-15/h4-13,16-24H,1-3H3/t16-,17+,19?,20+,21-,22?. The monoisotopic (exact) mass is 388 g/mol. The van der Waals surface area contributed by atoms with Gasteiger partial charge in [-0.25, -0.2) is 0 Å². The predicted octanol–water partition coefficient (Wildman–Crippen LogP) is 1.94. The second-order valence-corrected chi connectivity index (χ2v) is 6.88. The van der Waals surface area contributed by atoms with Crippen molar-refractivity contribution in [2.45, 2.75) is 42.7 Å². The Kier molecular flexibility index (Phi) is 7.18. The molecule has 152 valence electrons. The molecule has 6 nitrogen and oxygen atoms in total. The molecule has 1 aliphatic carbocycles. The maximum atomic E-state index is 10.7. The van der Waals surface area contributed by atoms with E-state index in [1.54, 1.807) is 0 Å². The minimum Gasteiger partial charge on any atom is -0.387 e. The van der Waals surface area contributed by atoms with Crippen LogP contribution in [0.25, 0.3) is 0 Å². The lowest BCUT2D eigenvalue weighted by Gasteiger charge is -2.46. The van der Waals surface area contributed by atoms with Gasteiger partial charge in [0.15, 0.2) is 0 Å². The van der Waals surface area contributed by atoms with E-state index in [4.69, 9.17) is 18.9 Å². The Morgan fingerprint density at radius 1 is 0.607 bits per heavy atom. The molecule has 0 aromatic heterocycles. The van der Waals surface area contributed by atoms with Gasteiger partial charge in [-0.05, 0) is 11.1 Å². The molecule has 0 heterocycles. The zero-order chi connectivity index (χ0) is 20.1. The number of rotatable bonds is 7. The second-order valence-electron chi connectivity index (χ2n) is 6.88. The number of aliphatic hydroxyl groups is 2. The van der Waals surface area contributed by atoms with E-state index < -0.39 is 42.7 Å². The lowest BCUT2D eigenvalue weighted by atomic mass is 9.84. The topological polar surface area (TPSA) is 77.4 Å². The first-order valence-electron chi connectivity index (χ1n) is 9.32. The maximum absolute atomic E-state index is 10.7. The largest absolute Gasteiger partial charge is 0.387 e. The van der Waals surface area contributed by atoms with Gasteiger partial charge >= 0.3 is 0 Å². The molecule has 1 saturated carbocycles. The summed E-state index contributed by atoms with van der Waals surface area (Å²) in [5.74, 6) is 0. The molecule has 2 N–H and O–H groups in total. The molecule has 2 aromatic carbocycles. The predicted molar refractivity (Wildman–Crippen MR) is 104 cm³/mol. The van der Waals surface area contributed by atoms with Gasteiger partial charge in [0.05, 0.1) is 0 Å². The van der Waals surface area contributed by atoms with Gasteiger partial charge in [-0.15, -0.1) is 0 Å². The van der Waals surface area contributed by atoms with Gasteiger partial charge in [0.25, 0.3) is 0 Å². The molecule has 0 radical (unpaired) electrons. The summed E-state index contributed by atoms with van der Waals surface area (Å²) in [7, 11) is 4.44. The van der Waals surface area contributed by atoms with E-state index in [9.17, 15) is 10.2 Å². The van der Waals surface area contributed by atoms with Crippen molar-refractivity contribution in [1.29, 1.82) is 0 Å². The zero-order valence-corrected chi connectivity index (χ0v) is 16.3. The van der Waals surface area contributed by atoms with Crippen molar-refractivity contribution < 1.29 is 29.2 Å². The van der Waals surface area contributed by atoms with E-state index in [2.05, 4.69) is 0 Å².